The van der Waals surface area contributed by atoms with E-state index in [1.54, 1.807) is 26.1 Å². The Labute approximate surface area is 169 Å². The van der Waals surface area contributed by atoms with Crippen molar-refractivity contribution >= 4 is 56.7 Å². The number of aromatic nitrogens is 3. The molecule has 1 unspecified atom stereocenters. The van der Waals surface area contributed by atoms with E-state index in [0.717, 1.165) is 10.9 Å². The molecule has 3 aromatic heterocycles. The molecule has 1 fully saturated rings. The lowest BCUT2D eigenvalue weighted by molar-refractivity contribution is 0.122. The molecule has 0 aliphatic carbocycles. The number of ether oxygens (including phenoxy) is 1. The van der Waals surface area contributed by atoms with Gasteiger partial charge in [0.2, 0.25) is 11.0 Å². The van der Waals surface area contributed by atoms with Crippen molar-refractivity contribution in [3.8, 4) is 0 Å². The summed E-state index contributed by atoms with van der Waals surface area (Å²) >= 11 is 6.19. The normalized spacial score (nSPS) is 17.1. The molecule has 2 N–H and O–H groups in total. The van der Waals surface area contributed by atoms with Gasteiger partial charge in [-0.1, -0.05) is 12.2 Å². The molecule has 148 valence electrons. The Kier molecular flexibility index (Phi) is 5.09. The van der Waals surface area contributed by atoms with E-state index in [0.29, 0.717) is 48.9 Å². The van der Waals surface area contributed by atoms with Crippen LogP contribution < -0.4 is 10.0 Å². The Morgan fingerprint density at radius 3 is 2.79 bits per heavy atom. The van der Waals surface area contributed by atoms with Crippen molar-refractivity contribution in [2.75, 3.05) is 31.2 Å². The first-order valence-electron chi connectivity index (χ1n) is 8.79. The smallest absolute Gasteiger partial charge is 0.229 e. The number of halogens is 1. The zero-order valence-electron chi connectivity index (χ0n) is 15.5. The summed E-state index contributed by atoms with van der Waals surface area (Å²) in [4.78, 5) is 15.2. The molecule has 0 amide bonds. The molecule has 3 aromatic rings. The topological polar surface area (TPSA) is 107 Å². The fourth-order valence-corrected chi connectivity index (χ4v) is 3.32. The van der Waals surface area contributed by atoms with E-state index in [9.17, 15) is 4.21 Å². The van der Waals surface area contributed by atoms with Crippen LogP contribution in [0.1, 0.15) is 19.4 Å². The van der Waals surface area contributed by atoms with Crippen LogP contribution in [0.15, 0.2) is 22.8 Å². The standard InChI is InChI=1S/C18H20ClN5O3S/c1-18(2,28(20)25)4-3-11-9-12-13-14(27-16(12)21-10-11)15(23-17(19)22-13)24-5-7-26-8-6-24/h3-4,9-10H,5-8,20H2,1-2H3/b4-3+. The first kappa shape index (κ1) is 19.3. The number of fused-ring (bicyclic) bond motifs is 3. The van der Waals surface area contributed by atoms with E-state index in [4.69, 9.17) is 25.9 Å². The second-order valence-corrected chi connectivity index (χ2v) is 9.04. The predicted molar refractivity (Wildman–Crippen MR) is 111 cm³/mol. The number of hydrogen-bond donors (Lipinski definition) is 1. The lowest BCUT2D eigenvalue weighted by Gasteiger charge is -2.27. The lowest BCUT2D eigenvalue weighted by Crippen LogP contribution is -2.36. The van der Waals surface area contributed by atoms with Crippen molar-refractivity contribution in [3.63, 3.8) is 0 Å². The molecule has 0 saturated carbocycles. The molecule has 4 rings (SSSR count). The van der Waals surface area contributed by atoms with Gasteiger partial charge in [-0.2, -0.15) is 4.98 Å². The zero-order chi connectivity index (χ0) is 19.9. The second-order valence-electron chi connectivity index (χ2n) is 7.05. The average Bonchev–Trinajstić information content (AvgIpc) is 3.04. The first-order valence-corrected chi connectivity index (χ1v) is 10.4. The summed E-state index contributed by atoms with van der Waals surface area (Å²) in [5.74, 6) is 0.646. The van der Waals surface area contributed by atoms with E-state index in [1.165, 1.54) is 0 Å². The fraction of sp³-hybridized carbons (Fsp3) is 0.389. The van der Waals surface area contributed by atoms with Crippen molar-refractivity contribution in [2.24, 2.45) is 5.14 Å². The number of nitrogens with two attached hydrogens (primary N) is 1. The van der Waals surface area contributed by atoms with Crippen LogP contribution in [0.25, 0.3) is 28.3 Å². The van der Waals surface area contributed by atoms with Gasteiger partial charge in [0.15, 0.2) is 11.4 Å². The number of hydrogen-bond acceptors (Lipinski definition) is 7. The second kappa shape index (κ2) is 7.40. The minimum Gasteiger partial charge on any atom is -0.432 e. The molecule has 4 heterocycles. The Morgan fingerprint density at radius 1 is 1.32 bits per heavy atom. The van der Waals surface area contributed by atoms with Gasteiger partial charge in [-0.15, -0.1) is 0 Å². The van der Waals surface area contributed by atoms with Crippen LogP contribution in [0.3, 0.4) is 0 Å². The highest BCUT2D eigenvalue weighted by Crippen LogP contribution is 2.34. The minimum atomic E-state index is -1.48. The van der Waals surface area contributed by atoms with Crippen molar-refractivity contribution in [2.45, 2.75) is 18.6 Å². The van der Waals surface area contributed by atoms with Gasteiger partial charge >= 0.3 is 0 Å². The molecule has 1 saturated heterocycles. The molecule has 1 aliphatic rings. The number of anilines is 1. The maximum atomic E-state index is 11.6. The average molecular weight is 422 g/mol. The highest BCUT2D eigenvalue weighted by atomic mass is 35.5. The van der Waals surface area contributed by atoms with E-state index >= 15 is 0 Å². The van der Waals surface area contributed by atoms with Crippen LogP contribution in [0.2, 0.25) is 5.28 Å². The Balaban J connectivity index is 1.81. The summed E-state index contributed by atoms with van der Waals surface area (Å²) in [7, 11) is -1.48. The third-order valence-corrected chi connectivity index (χ3v) is 5.99. The van der Waals surface area contributed by atoms with Gasteiger partial charge in [-0.3, -0.25) is 5.14 Å². The first-order chi connectivity index (χ1) is 13.3. The summed E-state index contributed by atoms with van der Waals surface area (Å²) in [5.41, 5.74) is 2.44. The minimum absolute atomic E-state index is 0.150. The monoisotopic (exact) mass is 421 g/mol. The molecular weight excluding hydrogens is 402 g/mol. The van der Waals surface area contributed by atoms with E-state index in [2.05, 4.69) is 19.9 Å². The van der Waals surface area contributed by atoms with E-state index in [1.807, 2.05) is 12.1 Å². The Hall–Kier alpha value is -2.07. The largest absolute Gasteiger partial charge is 0.432 e. The van der Waals surface area contributed by atoms with Gasteiger partial charge in [0.1, 0.15) is 5.52 Å². The molecule has 0 spiro atoms. The van der Waals surface area contributed by atoms with Crippen molar-refractivity contribution in [1.82, 2.24) is 15.0 Å². The van der Waals surface area contributed by atoms with Gasteiger partial charge in [0.05, 0.1) is 34.3 Å². The summed E-state index contributed by atoms with van der Waals surface area (Å²) < 4.78 is 22.3. The summed E-state index contributed by atoms with van der Waals surface area (Å²) in [5, 5.41) is 6.42. The van der Waals surface area contributed by atoms with Gasteiger partial charge in [-0.05, 0) is 37.1 Å². The van der Waals surface area contributed by atoms with Gasteiger partial charge < -0.3 is 14.1 Å². The third kappa shape index (κ3) is 3.62. The highest BCUT2D eigenvalue weighted by molar-refractivity contribution is 7.84. The van der Waals surface area contributed by atoms with E-state index in [-0.39, 0.29) is 5.28 Å². The number of rotatable bonds is 4. The Bertz CT molecular complexity index is 1090. The molecule has 1 atom stereocenters. The van der Waals surface area contributed by atoms with E-state index < -0.39 is 15.7 Å². The van der Waals surface area contributed by atoms with Crippen molar-refractivity contribution in [1.29, 1.82) is 0 Å². The Morgan fingerprint density at radius 2 is 2.07 bits per heavy atom. The molecule has 28 heavy (non-hydrogen) atoms. The highest BCUT2D eigenvalue weighted by Gasteiger charge is 2.23. The molecule has 1 aliphatic heterocycles. The maximum Gasteiger partial charge on any atom is 0.229 e. The van der Waals surface area contributed by atoms with Crippen LogP contribution in [0.4, 0.5) is 5.82 Å². The molecular formula is C18H20ClN5O3S. The zero-order valence-corrected chi connectivity index (χ0v) is 17.1. The fourth-order valence-electron chi connectivity index (χ4n) is 2.95. The molecule has 8 nitrogen and oxygen atoms in total. The van der Waals surface area contributed by atoms with Gasteiger partial charge in [0, 0.05) is 19.3 Å². The molecule has 0 bridgehead atoms. The van der Waals surface area contributed by atoms with Crippen molar-refractivity contribution in [3.05, 3.63) is 29.2 Å². The number of morpholine rings is 1. The molecule has 10 heteroatoms. The maximum absolute atomic E-state index is 11.6. The summed E-state index contributed by atoms with van der Waals surface area (Å²) in [6.45, 7) is 6.25. The number of furan rings is 1. The molecule has 0 aromatic carbocycles. The predicted octanol–water partition coefficient (Wildman–Crippen LogP) is 2.68. The number of pyridine rings is 1. The van der Waals surface area contributed by atoms with Crippen LogP contribution in [0, 0.1) is 0 Å². The number of nitrogens with zero attached hydrogens (tertiary/aromatic N) is 4. The van der Waals surface area contributed by atoms with Crippen LogP contribution in [-0.2, 0) is 15.7 Å². The van der Waals surface area contributed by atoms with Gasteiger partial charge in [0.25, 0.3) is 0 Å². The third-order valence-electron chi connectivity index (χ3n) is 4.65. The van der Waals surface area contributed by atoms with Crippen LogP contribution in [-0.4, -0.2) is 50.2 Å². The van der Waals surface area contributed by atoms with Gasteiger partial charge in [-0.25, -0.2) is 14.2 Å². The summed E-state index contributed by atoms with van der Waals surface area (Å²) in [6.07, 6.45) is 5.32. The van der Waals surface area contributed by atoms with Crippen LogP contribution >= 0.6 is 11.6 Å². The lowest BCUT2D eigenvalue weighted by atomic mass is 10.1. The summed E-state index contributed by atoms with van der Waals surface area (Å²) in [6, 6.07) is 1.91. The molecule has 0 radical (unpaired) electrons. The van der Waals surface area contributed by atoms with Crippen LogP contribution in [0.5, 0.6) is 0 Å². The quantitative estimate of drug-likeness (QED) is 0.645. The SMILES string of the molecule is CC(C)(/C=C/c1cnc2oc3c(N4CCOCC4)nc(Cl)nc3c2c1)S(N)=O. The van der Waals surface area contributed by atoms with Crippen molar-refractivity contribution < 1.29 is 13.4 Å².